The summed E-state index contributed by atoms with van der Waals surface area (Å²) >= 11 is 0. The predicted octanol–water partition coefficient (Wildman–Crippen LogP) is -0.768. The van der Waals surface area contributed by atoms with E-state index >= 15 is 0 Å². The average Bonchev–Trinajstić information content (AvgIpc) is 2.27. The molecule has 0 saturated heterocycles. The number of hydrogen-bond donors (Lipinski definition) is 2. The minimum absolute atomic E-state index is 0.294. The van der Waals surface area contributed by atoms with Crippen molar-refractivity contribution in [3.63, 3.8) is 0 Å². The minimum Gasteiger partial charge on any atom is -0.351 e. The normalized spacial score (nSPS) is 12.1. The maximum absolute atomic E-state index is 11.7. The van der Waals surface area contributed by atoms with Crippen molar-refractivity contribution < 1.29 is 21.6 Å². The van der Waals surface area contributed by atoms with Gasteiger partial charge in [0.25, 0.3) is 10.0 Å². The van der Waals surface area contributed by atoms with E-state index in [1.54, 1.807) is 0 Å². The van der Waals surface area contributed by atoms with Gasteiger partial charge in [-0.25, -0.2) is 22.9 Å². The molecule has 1 aromatic heterocycles. The highest BCUT2D eigenvalue weighted by molar-refractivity contribution is 7.93. The summed E-state index contributed by atoms with van der Waals surface area (Å²) in [6.45, 7) is 1.36. The number of aromatic nitrogens is 1. The van der Waals surface area contributed by atoms with Gasteiger partial charge in [0.1, 0.15) is 4.90 Å². The van der Waals surface area contributed by atoms with Gasteiger partial charge < -0.3 is 5.73 Å². The predicted molar refractivity (Wildman–Crippen MR) is 61.9 cm³/mol. The molecular weight excluding hydrogens is 282 g/mol. The average molecular weight is 293 g/mol. The molecule has 0 atom stereocenters. The van der Waals surface area contributed by atoms with Crippen molar-refractivity contribution in [1.29, 1.82) is 0 Å². The number of sulfonamides is 1. The Hall–Kier alpha value is -1.68. The van der Waals surface area contributed by atoms with E-state index in [9.17, 15) is 21.6 Å². The molecule has 10 heteroatoms. The smallest absolute Gasteiger partial charge is 0.326 e. The van der Waals surface area contributed by atoms with Gasteiger partial charge in [0.2, 0.25) is 0 Å². The lowest BCUT2D eigenvalue weighted by atomic mass is 10.5. The number of primary amides is 1. The third-order valence-corrected chi connectivity index (χ3v) is 5.13. The topological polar surface area (TPSA) is 136 Å². The number of urea groups is 1. The van der Waals surface area contributed by atoms with Crippen LogP contribution in [0.4, 0.5) is 4.79 Å². The molecule has 0 aliphatic heterocycles. The van der Waals surface area contributed by atoms with Crippen molar-refractivity contribution in [2.75, 3.05) is 5.75 Å². The molecule has 8 nitrogen and oxygen atoms in total. The van der Waals surface area contributed by atoms with Crippen molar-refractivity contribution in [1.82, 2.24) is 9.71 Å². The number of nitrogens with zero attached hydrogens (tertiary/aromatic N) is 1. The maximum atomic E-state index is 11.7. The van der Waals surface area contributed by atoms with Gasteiger partial charge in [-0.2, -0.15) is 8.42 Å². The van der Waals surface area contributed by atoms with Gasteiger partial charge in [0.05, 0.1) is 5.75 Å². The second-order valence-electron chi connectivity index (χ2n) is 3.18. The number of sulfone groups is 1. The van der Waals surface area contributed by atoms with E-state index < -0.39 is 35.8 Å². The van der Waals surface area contributed by atoms with Crippen LogP contribution < -0.4 is 10.5 Å². The van der Waals surface area contributed by atoms with Crippen LogP contribution in [0.2, 0.25) is 0 Å². The first-order valence-corrected chi connectivity index (χ1v) is 7.84. The van der Waals surface area contributed by atoms with Crippen molar-refractivity contribution in [3.05, 3.63) is 18.3 Å². The van der Waals surface area contributed by atoms with E-state index in [-0.39, 0.29) is 5.75 Å². The molecule has 0 aromatic carbocycles. The largest absolute Gasteiger partial charge is 0.351 e. The number of hydrogen-bond acceptors (Lipinski definition) is 6. The number of nitrogens with two attached hydrogens (primary N) is 1. The fourth-order valence-electron chi connectivity index (χ4n) is 1.15. The molecule has 3 N–H and O–H groups in total. The molecule has 0 saturated carbocycles. The molecule has 0 fully saturated rings. The van der Waals surface area contributed by atoms with Crippen LogP contribution in [0, 0.1) is 0 Å². The summed E-state index contributed by atoms with van der Waals surface area (Å²) in [6, 6.07) is 1.06. The standard InChI is InChI=1S/C8H11N3O5S2/c1-2-17(13,14)6-4-3-5-10-7(6)18(15,16)11-8(9)12/h3-5H,2H2,1H3,(H3,9,11,12). The minimum atomic E-state index is -4.40. The quantitative estimate of drug-likeness (QED) is 0.748. The van der Waals surface area contributed by atoms with Crippen molar-refractivity contribution in [2.45, 2.75) is 16.8 Å². The lowest BCUT2D eigenvalue weighted by Gasteiger charge is -2.08. The molecule has 1 rings (SSSR count). The Morgan fingerprint density at radius 1 is 1.39 bits per heavy atom. The highest BCUT2D eigenvalue weighted by atomic mass is 32.2. The summed E-state index contributed by atoms with van der Waals surface area (Å²) in [5, 5.41) is -0.745. The SMILES string of the molecule is CCS(=O)(=O)c1cccnc1S(=O)(=O)NC(N)=O. The molecule has 100 valence electrons. The van der Waals surface area contributed by atoms with Gasteiger partial charge in [-0.15, -0.1) is 0 Å². The maximum Gasteiger partial charge on any atom is 0.326 e. The zero-order chi connectivity index (χ0) is 14.0. The summed E-state index contributed by atoms with van der Waals surface area (Å²) in [6.07, 6.45) is 1.10. The molecule has 18 heavy (non-hydrogen) atoms. The number of carbonyl (C=O) groups is 1. The van der Waals surface area contributed by atoms with E-state index in [1.165, 1.54) is 17.7 Å². The molecule has 0 unspecified atom stereocenters. The monoisotopic (exact) mass is 293 g/mol. The Labute approximate surface area is 104 Å². The van der Waals surface area contributed by atoms with Gasteiger partial charge in [0.15, 0.2) is 14.9 Å². The van der Waals surface area contributed by atoms with Crippen molar-refractivity contribution in [2.24, 2.45) is 5.73 Å². The Bertz CT molecular complexity index is 666. The van der Waals surface area contributed by atoms with Crippen LogP contribution >= 0.6 is 0 Å². The fraction of sp³-hybridized carbons (Fsp3) is 0.250. The fourth-order valence-corrected chi connectivity index (χ4v) is 3.67. The Morgan fingerprint density at radius 3 is 2.50 bits per heavy atom. The molecule has 0 aliphatic carbocycles. The molecule has 0 spiro atoms. The summed E-state index contributed by atoms with van der Waals surface area (Å²) in [4.78, 5) is 13.6. The third-order valence-electron chi connectivity index (χ3n) is 1.94. The molecule has 2 amide bonds. The first-order chi connectivity index (χ1) is 8.20. The summed E-state index contributed by atoms with van der Waals surface area (Å²) in [7, 11) is -8.18. The zero-order valence-corrected chi connectivity index (χ0v) is 11.0. The highest BCUT2D eigenvalue weighted by Crippen LogP contribution is 2.18. The van der Waals surface area contributed by atoms with Crippen molar-refractivity contribution >= 4 is 25.9 Å². The van der Waals surface area contributed by atoms with E-state index in [0.717, 1.165) is 12.3 Å². The van der Waals surface area contributed by atoms with Crippen LogP contribution in [0.25, 0.3) is 0 Å². The van der Waals surface area contributed by atoms with Crippen LogP contribution in [0.3, 0.4) is 0 Å². The molecule has 0 aliphatic rings. The third kappa shape index (κ3) is 2.96. The summed E-state index contributed by atoms with van der Waals surface area (Å²) in [5.41, 5.74) is 4.70. The van der Waals surface area contributed by atoms with Crippen LogP contribution in [0.5, 0.6) is 0 Å². The number of amides is 2. The summed E-state index contributed by atoms with van der Waals surface area (Å²) in [5.74, 6) is -0.294. The molecule has 0 bridgehead atoms. The number of carbonyl (C=O) groups excluding carboxylic acids is 1. The van der Waals surface area contributed by atoms with Crippen LogP contribution in [-0.4, -0.2) is 33.6 Å². The van der Waals surface area contributed by atoms with E-state index in [0.29, 0.717) is 0 Å². The number of pyridine rings is 1. The first kappa shape index (κ1) is 14.4. The van der Waals surface area contributed by atoms with Crippen molar-refractivity contribution in [3.8, 4) is 0 Å². The Morgan fingerprint density at radius 2 is 2.00 bits per heavy atom. The van der Waals surface area contributed by atoms with Gasteiger partial charge in [-0.1, -0.05) is 6.92 Å². The van der Waals surface area contributed by atoms with E-state index in [4.69, 9.17) is 5.73 Å². The van der Waals surface area contributed by atoms with E-state index in [2.05, 4.69) is 4.98 Å². The molecule has 1 heterocycles. The number of nitrogens with one attached hydrogen (secondary N) is 1. The molecule has 0 radical (unpaired) electrons. The van der Waals surface area contributed by atoms with Crippen LogP contribution in [0.15, 0.2) is 28.3 Å². The zero-order valence-electron chi connectivity index (χ0n) is 9.32. The second kappa shape index (κ2) is 4.90. The van der Waals surface area contributed by atoms with E-state index in [1.807, 2.05) is 0 Å². The van der Waals surface area contributed by atoms with Crippen LogP contribution in [0.1, 0.15) is 6.92 Å². The first-order valence-electron chi connectivity index (χ1n) is 4.70. The van der Waals surface area contributed by atoms with Crippen LogP contribution in [-0.2, 0) is 19.9 Å². The Balaban J connectivity index is 3.49. The van der Waals surface area contributed by atoms with Gasteiger partial charge in [-0.3, -0.25) is 0 Å². The highest BCUT2D eigenvalue weighted by Gasteiger charge is 2.27. The van der Waals surface area contributed by atoms with Gasteiger partial charge in [-0.05, 0) is 12.1 Å². The lowest BCUT2D eigenvalue weighted by molar-refractivity contribution is 0.253. The summed E-state index contributed by atoms with van der Waals surface area (Å²) < 4.78 is 48.2. The lowest BCUT2D eigenvalue weighted by Crippen LogP contribution is -2.36. The van der Waals surface area contributed by atoms with Gasteiger partial charge >= 0.3 is 6.03 Å². The number of rotatable bonds is 4. The van der Waals surface area contributed by atoms with Gasteiger partial charge in [0, 0.05) is 6.20 Å². The Kier molecular flexibility index (Phi) is 3.92. The molecule has 1 aromatic rings. The second-order valence-corrected chi connectivity index (χ2v) is 7.02. The molecular formula is C8H11N3O5S2.